The van der Waals surface area contributed by atoms with Crippen LogP contribution >= 0.6 is 11.3 Å². The molecule has 2 rings (SSSR count). The molecule has 1 aromatic heterocycles. The molecule has 114 valence electrons. The first-order chi connectivity index (χ1) is 9.91. The van der Waals surface area contributed by atoms with Crippen LogP contribution in [0.25, 0.3) is 0 Å². The van der Waals surface area contributed by atoms with Crippen LogP contribution < -0.4 is 0 Å². The van der Waals surface area contributed by atoms with E-state index < -0.39 is 6.10 Å². The molecule has 0 aliphatic rings. The number of aromatic nitrogens is 1. The summed E-state index contributed by atoms with van der Waals surface area (Å²) >= 11 is 1.60. The van der Waals surface area contributed by atoms with Crippen molar-refractivity contribution in [3.05, 3.63) is 52.0 Å². The number of hydrogen-bond acceptors (Lipinski definition) is 4. The summed E-state index contributed by atoms with van der Waals surface area (Å²) in [6, 6.07) is 9.81. The van der Waals surface area contributed by atoms with Gasteiger partial charge in [0.05, 0.1) is 16.8 Å². The molecule has 1 N–H and O–H groups in total. The first kappa shape index (κ1) is 16.1. The summed E-state index contributed by atoms with van der Waals surface area (Å²) in [6.45, 7) is 6.43. The highest BCUT2D eigenvalue weighted by molar-refractivity contribution is 7.09. The second-order valence-electron chi connectivity index (χ2n) is 6.21. The Bertz CT molecular complexity index is 560. The van der Waals surface area contributed by atoms with E-state index in [0.717, 1.165) is 16.3 Å². The summed E-state index contributed by atoms with van der Waals surface area (Å²) < 4.78 is 5.47. The summed E-state index contributed by atoms with van der Waals surface area (Å²) in [7, 11) is 1.63. The van der Waals surface area contributed by atoms with Crippen LogP contribution in [-0.4, -0.2) is 23.3 Å². The predicted octanol–water partition coefficient (Wildman–Crippen LogP) is 3.73. The van der Waals surface area contributed by atoms with E-state index in [1.54, 1.807) is 18.4 Å². The van der Waals surface area contributed by atoms with Crippen molar-refractivity contribution in [2.75, 3.05) is 7.11 Å². The summed E-state index contributed by atoms with van der Waals surface area (Å²) in [6.07, 6.45) is -0.418. The van der Waals surface area contributed by atoms with Gasteiger partial charge in [0.1, 0.15) is 6.10 Å². The fraction of sp³-hybridized carbons (Fsp3) is 0.471. The average molecular weight is 305 g/mol. The van der Waals surface area contributed by atoms with Crippen molar-refractivity contribution in [2.24, 2.45) is 0 Å². The number of thiazole rings is 1. The zero-order chi connectivity index (χ0) is 15.5. The summed E-state index contributed by atoms with van der Waals surface area (Å²) in [5.74, 6) is 0. The average Bonchev–Trinajstić information content (AvgIpc) is 2.89. The number of hydrogen-bond donors (Lipinski definition) is 1. The smallest absolute Gasteiger partial charge is 0.108 e. The molecule has 0 saturated heterocycles. The van der Waals surface area contributed by atoms with Crippen LogP contribution in [0, 0.1) is 0 Å². The van der Waals surface area contributed by atoms with Crippen molar-refractivity contribution < 1.29 is 9.84 Å². The van der Waals surface area contributed by atoms with Crippen LogP contribution in [0.1, 0.15) is 43.1 Å². The van der Waals surface area contributed by atoms with Gasteiger partial charge in [0, 0.05) is 24.3 Å². The normalized spacial score (nSPS) is 14.9. The van der Waals surface area contributed by atoms with Gasteiger partial charge in [-0.15, -0.1) is 11.3 Å². The lowest BCUT2D eigenvalue weighted by Gasteiger charge is -2.21. The Hall–Kier alpha value is -1.23. The van der Waals surface area contributed by atoms with Crippen LogP contribution in [-0.2, 0) is 16.6 Å². The third kappa shape index (κ3) is 4.13. The Labute approximate surface area is 130 Å². The van der Waals surface area contributed by atoms with E-state index in [1.165, 1.54) is 0 Å². The highest BCUT2D eigenvalue weighted by Crippen LogP contribution is 2.27. The lowest BCUT2D eigenvalue weighted by Crippen LogP contribution is -2.23. The Morgan fingerprint density at radius 2 is 1.90 bits per heavy atom. The van der Waals surface area contributed by atoms with Crippen molar-refractivity contribution in [3.8, 4) is 0 Å². The molecular formula is C17H23NO2S. The van der Waals surface area contributed by atoms with Crippen LogP contribution in [0.3, 0.4) is 0 Å². The van der Waals surface area contributed by atoms with Crippen LogP contribution in [0.4, 0.5) is 0 Å². The maximum absolute atomic E-state index is 10.5. The molecule has 1 heterocycles. The number of aliphatic hydroxyl groups excluding tert-OH is 1. The second kappa shape index (κ2) is 6.69. The highest BCUT2D eigenvalue weighted by Gasteiger charge is 2.23. The Kier molecular flexibility index (Phi) is 5.14. The van der Waals surface area contributed by atoms with E-state index in [9.17, 15) is 5.11 Å². The number of methoxy groups -OCH3 is 1. The standard InChI is InChI=1S/C17H23NO2S/c1-17(2,3)14-11-21-15(18-14)10-13(19)16(20-4)12-8-6-5-7-9-12/h5-9,11,13,16,19H,10H2,1-4H3. The van der Waals surface area contributed by atoms with Gasteiger partial charge in [0.25, 0.3) is 0 Å². The maximum atomic E-state index is 10.5. The topological polar surface area (TPSA) is 42.4 Å². The van der Waals surface area contributed by atoms with Gasteiger partial charge in [-0.1, -0.05) is 51.1 Å². The summed E-state index contributed by atoms with van der Waals surface area (Å²) in [4.78, 5) is 4.63. The van der Waals surface area contributed by atoms with E-state index >= 15 is 0 Å². The van der Waals surface area contributed by atoms with E-state index in [-0.39, 0.29) is 11.5 Å². The van der Waals surface area contributed by atoms with E-state index in [2.05, 4.69) is 31.1 Å². The number of nitrogens with zero attached hydrogens (tertiary/aromatic N) is 1. The quantitative estimate of drug-likeness (QED) is 0.915. The van der Waals surface area contributed by atoms with Gasteiger partial charge in [0.15, 0.2) is 0 Å². The number of ether oxygens (including phenoxy) is 1. The van der Waals surface area contributed by atoms with E-state index in [4.69, 9.17) is 4.74 Å². The Morgan fingerprint density at radius 3 is 2.43 bits per heavy atom. The molecule has 4 heteroatoms. The minimum atomic E-state index is -0.601. The molecule has 2 unspecified atom stereocenters. The molecule has 0 bridgehead atoms. The van der Waals surface area contributed by atoms with Crippen LogP contribution in [0.5, 0.6) is 0 Å². The minimum Gasteiger partial charge on any atom is -0.390 e. The first-order valence-corrected chi connectivity index (χ1v) is 8.00. The molecule has 2 atom stereocenters. The third-order valence-electron chi connectivity index (χ3n) is 3.44. The Morgan fingerprint density at radius 1 is 1.24 bits per heavy atom. The first-order valence-electron chi connectivity index (χ1n) is 7.12. The fourth-order valence-electron chi connectivity index (χ4n) is 2.19. The number of aliphatic hydroxyl groups is 1. The van der Waals surface area contributed by atoms with Gasteiger partial charge in [-0.25, -0.2) is 4.98 Å². The lowest BCUT2D eigenvalue weighted by atomic mass is 9.93. The minimum absolute atomic E-state index is 0.0415. The molecule has 0 radical (unpaired) electrons. The van der Waals surface area contributed by atoms with Crippen molar-refractivity contribution in [3.63, 3.8) is 0 Å². The zero-order valence-electron chi connectivity index (χ0n) is 13.0. The van der Waals surface area contributed by atoms with Crippen LogP contribution in [0.15, 0.2) is 35.7 Å². The van der Waals surface area contributed by atoms with Gasteiger partial charge < -0.3 is 9.84 Å². The fourth-order valence-corrected chi connectivity index (χ4v) is 3.27. The second-order valence-corrected chi connectivity index (χ2v) is 7.16. The molecule has 2 aromatic rings. The van der Waals surface area contributed by atoms with Crippen molar-refractivity contribution >= 4 is 11.3 Å². The predicted molar refractivity (Wildman–Crippen MR) is 86.7 cm³/mol. The molecular weight excluding hydrogens is 282 g/mol. The molecule has 0 amide bonds. The molecule has 1 aromatic carbocycles. The third-order valence-corrected chi connectivity index (χ3v) is 4.31. The molecule has 0 spiro atoms. The lowest BCUT2D eigenvalue weighted by molar-refractivity contribution is -0.0128. The van der Waals surface area contributed by atoms with Crippen molar-refractivity contribution in [1.82, 2.24) is 4.98 Å². The van der Waals surface area contributed by atoms with Crippen LogP contribution in [0.2, 0.25) is 0 Å². The number of benzene rings is 1. The molecule has 0 aliphatic heterocycles. The van der Waals surface area contributed by atoms with Gasteiger partial charge in [-0.05, 0) is 5.56 Å². The molecule has 0 aliphatic carbocycles. The van der Waals surface area contributed by atoms with Gasteiger partial charge in [0.2, 0.25) is 0 Å². The maximum Gasteiger partial charge on any atom is 0.108 e. The highest BCUT2D eigenvalue weighted by atomic mass is 32.1. The van der Waals surface area contributed by atoms with Gasteiger partial charge in [-0.3, -0.25) is 0 Å². The van der Waals surface area contributed by atoms with Crippen molar-refractivity contribution in [1.29, 1.82) is 0 Å². The van der Waals surface area contributed by atoms with Gasteiger partial charge in [-0.2, -0.15) is 0 Å². The monoisotopic (exact) mass is 305 g/mol. The largest absolute Gasteiger partial charge is 0.390 e. The van der Waals surface area contributed by atoms with Crippen molar-refractivity contribution in [2.45, 2.75) is 44.8 Å². The molecule has 21 heavy (non-hydrogen) atoms. The Balaban J connectivity index is 2.09. The SMILES string of the molecule is COC(c1ccccc1)C(O)Cc1nc(C(C)(C)C)cs1. The van der Waals surface area contributed by atoms with Gasteiger partial charge >= 0.3 is 0 Å². The molecule has 0 fully saturated rings. The number of rotatable bonds is 5. The summed E-state index contributed by atoms with van der Waals surface area (Å²) in [5.41, 5.74) is 2.10. The van der Waals surface area contributed by atoms with E-state index in [0.29, 0.717) is 6.42 Å². The zero-order valence-corrected chi connectivity index (χ0v) is 13.9. The molecule has 0 saturated carbocycles. The summed E-state index contributed by atoms with van der Waals surface area (Å²) in [5, 5.41) is 13.5. The molecule has 3 nitrogen and oxygen atoms in total. The van der Waals surface area contributed by atoms with E-state index in [1.807, 2.05) is 30.3 Å².